The van der Waals surface area contributed by atoms with Gasteiger partial charge in [0, 0.05) is 13.7 Å². The molecule has 1 rings (SSSR count). The van der Waals surface area contributed by atoms with Gasteiger partial charge in [0.05, 0.1) is 25.4 Å². The summed E-state index contributed by atoms with van der Waals surface area (Å²) in [6.45, 7) is 2.19. The molecule has 1 N–H and O–H groups in total. The van der Waals surface area contributed by atoms with E-state index in [1.807, 2.05) is 0 Å². The zero-order valence-corrected chi connectivity index (χ0v) is 9.50. The van der Waals surface area contributed by atoms with Gasteiger partial charge in [-0.25, -0.2) is 0 Å². The van der Waals surface area contributed by atoms with Crippen molar-refractivity contribution in [1.82, 2.24) is 5.32 Å². The van der Waals surface area contributed by atoms with E-state index >= 15 is 0 Å². The number of nitrogens with one attached hydrogen (secondary N) is 1. The van der Waals surface area contributed by atoms with E-state index in [1.165, 1.54) is 12.8 Å². The van der Waals surface area contributed by atoms with E-state index < -0.39 is 0 Å². The first kappa shape index (κ1) is 12.5. The van der Waals surface area contributed by atoms with Crippen LogP contribution in [-0.4, -0.2) is 39.0 Å². The predicted octanol–water partition coefficient (Wildman–Crippen LogP) is 1.18. The van der Waals surface area contributed by atoms with Crippen molar-refractivity contribution in [1.29, 1.82) is 0 Å². The number of hydrogen-bond donors (Lipinski definition) is 1. The lowest BCUT2D eigenvalue weighted by atomic mass is 9.95. The Labute approximate surface area is 92.5 Å². The van der Waals surface area contributed by atoms with Crippen LogP contribution in [0.4, 0.5) is 0 Å². The van der Waals surface area contributed by atoms with Crippen LogP contribution in [0.2, 0.25) is 0 Å². The maximum atomic E-state index is 5.75. The summed E-state index contributed by atoms with van der Waals surface area (Å²) in [5.74, 6) is 2.54. The van der Waals surface area contributed by atoms with Crippen LogP contribution < -0.4 is 5.32 Å². The number of ether oxygens (including phenoxy) is 2. The van der Waals surface area contributed by atoms with Crippen molar-refractivity contribution in [2.75, 3.05) is 26.8 Å². The zero-order valence-electron chi connectivity index (χ0n) is 9.50. The van der Waals surface area contributed by atoms with E-state index in [0.29, 0.717) is 18.8 Å². The molecule has 0 aromatic rings. The number of terminal acetylenes is 1. The van der Waals surface area contributed by atoms with Crippen molar-refractivity contribution in [3.63, 3.8) is 0 Å². The maximum absolute atomic E-state index is 5.75. The normalized spacial score (nSPS) is 26.1. The maximum Gasteiger partial charge on any atom is 0.0600 e. The van der Waals surface area contributed by atoms with Gasteiger partial charge >= 0.3 is 0 Å². The molecule has 1 saturated carbocycles. The summed E-state index contributed by atoms with van der Waals surface area (Å²) in [5, 5.41) is 3.11. The van der Waals surface area contributed by atoms with Gasteiger partial charge in [-0.15, -0.1) is 6.42 Å². The molecule has 1 fully saturated rings. The fraction of sp³-hybridized carbons (Fsp3) is 0.833. The first-order valence-electron chi connectivity index (χ1n) is 5.65. The van der Waals surface area contributed by atoms with E-state index in [1.54, 1.807) is 7.11 Å². The zero-order chi connectivity index (χ0) is 10.9. The number of methoxy groups -OCH3 is 1. The molecule has 1 aliphatic carbocycles. The summed E-state index contributed by atoms with van der Waals surface area (Å²) in [4.78, 5) is 0. The van der Waals surface area contributed by atoms with Gasteiger partial charge in [0.15, 0.2) is 0 Å². The second-order valence-corrected chi connectivity index (χ2v) is 3.90. The van der Waals surface area contributed by atoms with Gasteiger partial charge in [-0.3, -0.25) is 0 Å². The SMILES string of the molecule is C#CCNCCOC1CCCC(OC)C1. The molecule has 0 bridgehead atoms. The van der Waals surface area contributed by atoms with Gasteiger partial charge in [0.25, 0.3) is 0 Å². The monoisotopic (exact) mass is 211 g/mol. The molecule has 0 aromatic carbocycles. The van der Waals surface area contributed by atoms with E-state index in [9.17, 15) is 0 Å². The number of rotatable bonds is 6. The fourth-order valence-electron chi connectivity index (χ4n) is 1.93. The largest absolute Gasteiger partial charge is 0.381 e. The van der Waals surface area contributed by atoms with Crippen LogP contribution in [0.15, 0.2) is 0 Å². The molecule has 0 aliphatic heterocycles. The van der Waals surface area contributed by atoms with Crippen molar-refractivity contribution < 1.29 is 9.47 Å². The smallest absolute Gasteiger partial charge is 0.0600 e. The van der Waals surface area contributed by atoms with Crippen LogP contribution in [0.25, 0.3) is 0 Å². The minimum absolute atomic E-state index is 0.372. The van der Waals surface area contributed by atoms with Gasteiger partial charge in [0.1, 0.15) is 0 Å². The van der Waals surface area contributed by atoms with Crippen LogP contribution in [0.1, 0.15) is 25.7 Å². The van der Waals surface area contributed by atoms with Crippen molar-refractivity contribution in [3.8, 4) is 12.3 Å². The topological polar surface area (TPSA) is 30.5 Å². The van der Waals surface area contributed by atoms with Crippen LogP contribution in [0, 0.1) is 12.3 Å². The Morgan fingerprint density at radius 1 is 1.40 bits per heavy atom. The Balaban J connectivity index is 2.03. The second-order valence-electron chi connectivity index (χ2n) is 3.90. The molecule has 2 atom stereocenters. The Morgan fingerprint density at radius 3 is 2.93 bits per heavy atom. The van der Waals surface area contributed by atoms with E-state index in [4.69, 9.17) is 15.9 Å². The summed E-state index contributed by atoms with van der Waals surface area (Å²) in [6.07, 6.45) is 10.5. The standard InChI is InChI=1S/C12H21NO2/c1-3-7-13-8-9-15-12-6-4-5-11(10-12)14-2/h1,11-13H,4-10H2,2H3. The molecule has 0 spiro atoms. The van der Waals surface area contributed by atoms with Crippen molar-refractivity contribution in [2.45, 2.75) is 37.9 Å². The Hall–Kier alpha value is -0.560. The molecule has 0 amide bonds. The Morgan fingerprint density at radius 2 is 2.20 bits per heavy atom. The lowest BCUT2D eigenvalue weighted by molar-refractivity contribution is -0.0280. The van der Waals surface area contributed by atoms with Crippen molar-refractivity contribution in [2.24, 2.45) is 0 Å². The Kier molecular flexibility index (Phi) is 6.42. The molecular formula is C12H21NO2. The summed E-state index contributed by atoms with van der Waals surface area (Å²) in [7, 11) is 1.78. The Bertz CT molecular complexity index is 200. The summed E-state index contributed by atoms with van der Waals surface area (Å²) >= 11 is 0. The molecule has 2 unspecified atom stereocenters. The molecule has 15 heavy (non-hydrogen) atoms. The van der Waals surface area contributed by atoms with Gasteiger partial charge in [-0.2, -0.15) is 0 Å². The average molecular weight is 211 g/mol. The molecule has 1 aliphatic rings. The third-order valence-corrected chi connectivity index (χ3v) is 2.77. The van der Waals surface area contributed by atoms with Crippen LogP contribution in [0.3, 0.4) is 0 Å². The van der Waals surface area contributed by atoms with E-state index in [0.717, 1.165) is 26.0 Å². The molecule has 0 aromatic heterocycles. The molecule has 86 valence electrons. The van der Waals surface area contributed by atoms with Gasteiger partial charge in [0.2, 0.25) is 0 Å². The van der Waals surface area contributed by atoms with Gasteiger partial charge < -0.3 is 14.8 Å². The van der Waals surface area contributed by atoms with E-state index in [-0.39, 0.29) is 0 Å². The first-order chi connectivity index (χ1) is 7.36. The van der Waals surface area contributed by atoms with Crippen LogP contribution in [-0.2, 0) is 9.47 Å². The van der Waals surface area contributed by atoms with Crippen molar-refractivity contribution >= 4 is 0 Å². The lowest BCUT2D eigenvalue weighted by Gasteiger charge is -2.28. The van der Waals surface area contributed by atoms with Crippen LogP contribution in [0.5, 0.6) is 0 Å². The quantitative estimate of drug-likeness (QED) is 0.528. The third-order valence-electron chi connectivity index (χ3n) is 2.77. The molecular weight excluding hydrogens is 190 g/mol. The van der Waals surface area contributed by atoms with E-state index in [2.05, 4.69) is 11.2 Å². The molecule has 3 nitrogen and oxygen atoms in total. The van der Waals surface area contributed by atoms with Crippen LogP contribution >= 0.6 is 0 Å². The highest BCUT2D eigenvalue weighted by Crippen LogP contribution is 2.22. The third kappa shape index (κ3) is 5.17. The molecule has 3 heteroatoms. The molecule has 0 saturated heterocycles. The lowest BCUT2D eigenvalue weighted by Crippen LogP contribution is -2.30. The molecule has 0 radical (unpaired) electrons. The average Bonchev–Trinajstić information content (AvgIpc) is 2.29. The summed E-state index contributed by atoms with van der Waals surface area (Å²) < 4.78 is 11.1. The summed E-state index contributed by atoms with van der Waals surface area (Å²) in [5.41, 5.74) is 0. The predicted molar refractivity (Wildman–Crippen MR) is 60.7 cm³/mol. The fourth-order valence-corrected chi connectivity index (χ4v) is 1.93. The second kappa shape index (κ2) is 7.70. The minimum Gasteiger partial charge on any atom is -0.381 e. The highest BCUT2D eigenvalue weighted by Gasteiger charge is 2.21. The van der Waals surface area contributed by atoms with Gasteiger partial charge in [-0.05, 0) is 25.7 Å². The highest BCUT2D eigenvalue weighted by atomic mass is 16.5. The highest BCUT2D eigenvalue weighted by molar-refractivity contribution is 4.86. The molecule has 0 heterocycles. The summed E-state index contributed by atoms with van der Waals surface area (Å²) in [6, 6.07) is 0. The minimum atomic E-state index is 0.372. The first-order valence-corrected chi connectivity index (χ1v) is 5.65. The van der Waals surface area contributed by atoms with Gasteiger partial charge in [-0.1, -0.05) is 5.92 Å². The number of hydrogen-bond acceptors (Lipinski definition) is 3. The van der Waals surface area contributed by atoms with Crippen molar-refractivity contribution in [3.05, 3.63) is 0 Å².